The highest BCUT2D eigenvalue weighted by atomic mass is 16.4. The summed E-state index contributed by atoms with van der Waals surface area (Å²) in [4.78, 5) is 10.5. The highest BCUT2D eigenvalue weighted by molar-refractivity contribution is 5.67. The molecular formula is C13H25NO2. The largest absolute Gasteiger partial charge is 0.481 e. The lowest BCUT2D eigenvalue weighted by atomic mass is 9.65. The minimum Gasteiger partial charge on any atom is -0.481 e. The number of aliphatic carboxylic acids is 1. The Balaban J connectivity index is 0.000000711. The second kappa shape index (κ2) is 6.69. The van der Waals surface area contributed by atoms with E-state index in [9.17, 15) is 4.79 Å². The van der Waals surface area contributed by atoms with Crippen LogP contribution in [-0.4, -0.2) is 18.1 Å². The minimum atomic E-state index is -0.634. The van der Waals surface area contributed by atoms with Crippen LogP contribution >= 0.6 is 0 Å². The molecule has 3 nitrogen and oxygen atoms in total. The number of carbonyl (C=O) groups is 1. The van der Waals surface area contributed by atoms with Gasteiger partial charge in [-0.2, -0.15) is 0 Å². The SMILES string of the molecule is C.C=CC1CC2C(CC(=O)O)C[C@H]2C1.CN. The first-order valence-electron chi connectivity index (χ1n) is 5.62. The van der Waals surface area contributed by atoms with Crippen LogP contribution in [-0.2, 0) is 4.79 Å². The molecule has 3 unspecified atom stereocenters. The van der Waals surface area contributed by atoms with Crippen molar-refractivity contribution in [2.45, 2.75) is 33.1 Å². The van der Waals surface area contributed by atoms with E-state index < -0.39 is 5.97 Å². The smallest absolute Gasteiger partial charge is 0.303 e. The molecule has 0 aliphatic heterocycles. The van der Waals surface area contributed by atoms with Gasteiger partial charge in [-0.15, -0.1) is 6.58 Å². The Labute approximate surface area is 98.7 Å². The molecular weight excluding hydrogens is 202 g/mol. The Bertz CT molecular complexity index is 240. The summed E-state index contributed by atoms with van der Waals surface area (Å²) in [6, 6.07) is 0. The molecule has 4 atom stereocenters. The van der Waals surface area contributed by atoms with Gasteiger partial charge in [-0.1, -0.05) is 13.5 Å². The van der Waals surface area contributed by atoms with E-state index in [1.807, 2.05) is 6.08 Å². The average molecular weight is 227 g/mol. The topological polar surface area (TPSA) is 63.3 Å². The van der Waals surface area contributed by atoms with E-state index >= 15 is 0 Å². The molecule has 0 bridgehead atoms. The second-order valence-electron chi connectivity index (χ2n) is 4.48. The van der Waals surface area contributed by atoms with Gasteiger partial charge in [0.25, 0.3) is 0 Å². The third-order valence-electron chi connectivity index (χ3n) is 3.77. The second-order valence-corrected chi connectivity index (χ2v) is 4.48. The first-order valence-corrected chi connectivity index (χ1v) is 5.62. The molecule has 0 heterocycles. The van der Waals surface area contributed by atoms with Gasteiger partial charge in [0.1, 0.15) is 0 Å². The lowest BCUT2D eigenvalue weighted by Crippen LogP contribution is -2.33. The van der Waals surface area contributed by atoms with E-state index in [1.54, 1.807) is 0 Å². The van der Waals surface area contributed by atoms with Gasteiger partial charge in [0.15, 0.2) is 0 Å². The summed E-state index contributed by atoms with van der Waals surface area (Å²) in [7, 11) is 1.50. The fraction of sp³-hybridized carbons (Fsp3) is 0.769. The molecule has 0 spiro atoms. The maximum atomic E-state index is 10.5. The molecule has 2 aliphatic rings. The normalized spacial score (nSPS) is 34.6. The summed E-state index contributed by atoms with van der Waals surface area (Å²) >= 11 is 0. The molecule has 0 saturated heterocycles. The Kier molecular flexibility index (Phi) is 6.34. The van der Waals surface area contributed by atoms with E-state index in [4.69, 9.17) is 5.11 Å². The summed E-state index contributed by atoms with van der Waals surface area (Å²) in [6.07, 6.45) is 6.00. The van der Waals surface area contributed by atoms with Crippen molar-refractivity contribution in [3.8, 4) is 0 Å². The van der Waals surface area contributed by atoms with Crippen LogP contribution < -0.4 is 5.73 Å². The molecule has 0 radical (unpaired) electrons. The van der Waals surface area contributed by atoms with Crippen molar-refractivity contribution < 1.29 is 9.90 Å². The third-order valence-corrected chi connectivity index (χ3v) is 3.77. The lowest BCUT2D eigenvalue weighted by molar-refractivity contribution is -0.140. The van der Waals surface area contributed by atoms with Gasteiger partial charge in [0, 0.05) is 6.42 Å². The van der Waals surface area contributed by atoms with Crippen LogP contribution in [0, 0.1) is 23.7 Å². The fourth-order valence-electron chi connectivity index (χ4n) is 3.07. The molecule has 3 heteroatoms. The zero-order chi connectivity index (χ0) is 11.4. The van der Waals surface area contributed by atoms with E-state index in [0.717, 1.165) is 12.3 Å². The standard InChI is InChI=1S/C11H16O2.CH5N.CH4/c1-2-7-3-8-5-9(6-11(12)13)10(8)4-7;1-2;/h2,7-10H,1,3-6H2,(H,12,13);2H2,1H3;1H4/t7?,8-,9?,10?;;/m1../s1. The molecule has 0 amide bonds. The first-order chi connectivity index (χ1) is 7.20. The first kappa shape index (κ1) is 15.2. The Hall–Kier alpha value is -0.830. The lowest BCUT2D eigenvalue weighted by Gasteiger charge is -2.39. The van der Waals surface area contributed by atoms with Crippen LogP contribution in [0.25, 0.3) is 0 Å². The van der Waals surface area contributed by atoms with Gasteiger partial charge in [0.05, 0.1) is 0 Å². The zero-order valence-electron chi connectivity index (χ0n) is 9.36. The summed E-state index contributed by atoms with van der Waals surface area (Å²) < 4.78 is 0. The van der Waals surface area contributed by atoms with Crippen LogP contribution in [0.15, 0.2) is 12.7 Å². The Morgan fingerprint density at radius 1 is 1.44 bits per heavy atom. The summed E-state index contributed by atoms with van der Waals surface area (Å²) in [6.45, 7) is 3.81. The van der Waals surface area contributed by atoms with Crippen molar-refractivity contribution in [3.05, 3.63) is 12.7 Å². The summed E-state index contributed by atoms with van der Waals surface area (Å²) in [5.41, 5.74) is 4.50. The van der Waals surface area contributed by atoms with Gasteiger partial charge < -0.3 is 10.8 Å². The van der Waals surface area contributed by atoms with E-state index in [-0.39, 0.29) is 7.43 Å². The predicted octanol–water partition coefficient (Wildman–Crippen LogP) is 2.52. The molecule has 2 rings (SSSR count). The zero-order valence-corrected chi connectivity index (χ0v) is 9.36. The molecule has 2 fully saturated rings. The maximum Gasteiger partial charge on any atom is 0.303 e. The Morgan fingerprint density at radius 2 is 2.06 bits per heavy atom. The number of fused-ring (bicyclic) bond motifs is 1. The van der Waals surface area contributed by atoms with Crippen molar-refractivity contribution in [2.75, 3.05) is 7.05 Å². The molecule has 0 aromatic rings. The molecule has 2 saturated carbocycles. The number of carboxylic acids is 1. The Morgan fingerprint density at radius 3 is 2.56 bits per heavy atom. The van der Waals surface area contributed by atoms with Gasteiger partial charge in [-0.3, -0.25) is 4.79 Å². The van der Waals surface area contributed by atoms with Crippen LogP contribution in [0.2, 0.25) is 0 Å². The van der Waals surface area contributed by atoms with Gasteiger partial charge in [0.2, 0.25) is 0 Å². The van der Waals surface area contributed by atoms with E-state index in [1.165, 1.54) is 19.9 Å². The predicted molar refractivity (Wildman–Crippen MR) is 67.1 cm³/mol. The average Bonchev–Trinajstić information content (AvgIpc) is 2.55. The van der Waals surface area contributed by atoms with Crippen molar-refractivity contribution in [1.82, 2.24) is 0 Å². The quantitative estimate of drug-likeness (QED) is 0.728. The van der Waals surface area contributed by atoms with Crippen LogP contribution in [0.3, 0.4) is 0 Å². The summed E-state index contributed by atoms with van der Waals surface area (Å²) in [5, 5.41) is 8.67. The minimum absolute atomic E-state index is 0. The molecule has 16 heavy (non-hydrogen) atoms. The van der Waals surface area contributed by atoms with Crippen LogP contribution in [0.1, 0.15) is 33.1 Å². The molecule has 0 aromatic carbocycles. The molecule has 0 aromatic heterocycles. The van der Waals surface area contributed by atoms with Crippen molar-refractivity contribution >= 4 is 5.97 Å². The third kappa shape index (κ3) is 3.08. The molecule has 94 valence electrons. The number of hydrogen-bond donors (Lipinski definition) is 2. The monoisotopic (exact) mass is 227 g/mol. The maximum absolute atomic E-state index is 10.5. The van der Waals surface area contributed by atoms with Gasteiger partial charge >= 0.3 is 5.97 Å². The van der Waals surface area contributed by atoms with Gasteiger partial charge in [-0.25, -0.2) is 0 Å². The van der Waals surface area contributed by atoms with E-state index in [2.05, 4.69) is 12.3 Å². The van der Waals surface area contributed by atoms with Crippen LogP contribution in [0.5, 0.6) is 0 Å². The van der Waals surface area contributed by atoms with Crippen LogP contribution in [0.4, 0.5) is 0 Å². The summed E-state index contributed by atoms with van der Waals surface area (Å²) in [5.74, 6) is 2.00. The number of allylic oxidation sites excluding steroid dienone is 1. The van der Waals surface area contributed by atoms with Crippen molar-refractivity contribution in [3.63, 3.8) is 0 Å². The van der Waals surface area contributed by atoms with Gasteiger partial charge in [-0.05, 0) is 50.0 Å². The van der Waals surface area contributed by atoms with Crippen molar-refractivity contribution in [1.29, 1.82) is 0 Å². The highest BCUT2D eigenvalue weighted by Crippen LogP contribution is 2.54. The fourth-order valence-corrected chi connectivity index (χ4v) is 3.07. The molecule has 3 N–H and O–H groups in total. The van der Waals surface area contributed by atoms with E-state index in [0.29, 0.717) is 24.2 Å². The highest BCUT2D eigenvalue weighted by Gasteiger charge is 2.46. The number of rotatable bonds is 3. The molecule has 2 aliphatic carbocycles. The number of nitrogens with two attached hydrogens (primary N) is 1. The number of carboxylic acid groups (broad SMARTS) is 1. The van der Waals surface area contributed by atoms with Crippen molar-refractivity contribution in [2.24, 2.45) is 29.4 Å². The number of hydrogen-bond acceptors (Lipinski definition) is 2.